The summed E-state index contributed by atoms with van der Waals surface area (Å²) >= 11 is 0. The number of aryl methyl sites for hydroxylation is 1. The van der Waals surface area contributed by atoms with Crippen molar-refractivity contribution >= 4 is 11.8 Å². The van der Waals surface area contributed by atoms with Gasteiger partial charge in [-0.15, -0.1) is 0 Å². The van der Waals surface area contributed by atoms with E-state index in [1.165, 1.54) is 0 Å². The first kappa shape index (κ1) is 21.2. The summed E-state index contributed by atoms with van der Waals surface area (Å²) in [7, 11) is 0. The second-order valence-electron chi connectivity index (χ2n) is 5.72. The second-order valence-corrected chi connectivity index (χ2v) is 5.72. The predicted octanol–water partition coefficient (Wildman–Crippen LogP) is 3.20. The molecule has 0 heterocycles. The van der Waals surface area contributed by atoms with Gasteiger partial charge in [0.2, 0.25) is 5.91 Å². The number of carbonyl (C=O) groups is 2. The van der Waals surface area contributed by atoms with Crippen molar-refractivity contribution in [3.05, 3.63) is 65.2 Å². The van der Waals surface area contributed by atoms with Crippen molar-refractivity contribution in [1.82, 2.24) is 10.6 Å². The Morgan fingerprint density at radius 2 is 1.73 bits per heavy atom. The molecular weight excluding hydrogens is 328 g/mol. The Bertz CT molecular complexity index is 714. The minimum Gasteiger partial charge on any atom is -0.508 e. The molecule has 140 valence electrons. The van der Waals surface area contributed by atoms with E-state index in [1.807, 2.05) is 39.0 Å². The monoisotopic (exact) mass is 356 g/mol. The third-order valence-electron chi connectivity index (χ3n) is 3.75. The molecule has 5 nitrogen and oxygen atoms in total. The molecule has 1 unspecified atom stereocenters. The lowest BCUT2D eigenvalue weighted by atomic mass is 10.1. The van der Waals surface area contributed by atoms with Crippen LogP contribution in [0.3, 0.4) is 0 Å². The van der Waals surface area contributed by atoms with Crippen LogP contribution in [0.4, 0.5) is 0 Å². The Balaban J connectivity index is 0.00000163. The van der Waals surface area contributed by atoms with E-state index in [0.29, 0.717) is 18.5 Å². The van der Waals surface area contributed by atoms with E-state index < -0.39 is 6.04 Å². The topological polar surface area (TPSA) is 78.4 Å². The van der Waals surface area contributed by atoms with E-state index in [0.717, 1.165) is 11.1 Å². The van der Waals surface area contributed by atoms with Crippen LogP contribution in [0.5, 0.6) is 5.75 Å². The minimum absolute atomic E-state index is 0.227. The zero-order valence-corrected chi connectivity index (χ0v) is 15.9. The normalized spacial score (nSPS) is 10.9. The highest BCUT2D eigenvalue weighted by molar-refractivity contribution is 5.97. The number of phenols is 1. The van der Waals surface area contributed by atoms with Gasteiger partial charge in [0.15, 0.2) is 0 Å². The van der Waals surface area contributed by atoms with E-state index in [9.17, 15) is 14.7 Å². The van der Waals surface area contributed by atoms with E-state index in [-0.39, 0.29) is 17.6 Å². The number of aromatic hydroxyl groups is 1. The van der Waals surface area contributed by atoms with Crippen LogP contribution in [0.2, 0.25) is 0 Å². The zero-order valence-electron chi connectivity index (χ0n) is 15.9. The fourth-order valence-corrected chi connectivity index (χ4v) is 2.29. The molecule has 0 saturated carbocycles. The first-order valence-electron chi connectivity index (χ1n) is 8.89. The average molecular weight is 356 g/mol. The number of phenolic OH excluding ortho intramolecular Hbond substituents is 1. The van der Waals surface area contributed by atoms with Gasteiger partial charge in [0.1, 0.15) is 11.8 Å². The molecule has 5 heteroatoms. The van der Waals surface area contributed by atoms with Gasteiger partial charge in [0, 0.05) is 12.1 Å². The van der Waals surface area contributed by atoms with Crippen LogP contribution in [-0.4, -0.2) is 29.5 Å². The van der Waals surface area contributed by atoms with Crippen molar-refractivity contribution in [3.63, 3.8) is 0 Å². The summed E-state index contributed by atoms with van der Waals surface area (Å²) in [5, 5.41) is 15.0. The minimum atomic E-state index is -0.612. The van der Waals surface area contributed by atoms with Gasteiger partial charge in [-0.1, -0.05) is 44.2 Å². The first-order valence-corrected chi connectivity index (χ1v) is 8.89. The van der Waals surface area contributed by atoms with Crippen LogP contribution in [0.25, 0.3) is 0 Å². The van der Waals surface area contributed by atoms with Crippen LogP contribution in [0.1, 0.15) is 42.3 Å². The molecule has 0 bridgehead atoms. The molecule has 0 aliphatic heterocycles. The number of hydrogen-bond donors (Lipinski definition) is 3. The number of amides is 2. The molecule has 2 rings (SSSR count). The Hall–Kier alpha value is -2.82. The fourth-order valence-electron chi connectivity index (χ4n) is 2.29. The molecule has 0 radical (unpaired) electrons. The maximum atomic E-state index is 12.1. The van der Waals surface area contributed by atoms with Crippen molar-refractivity contribution in [2.75, 3.05) is 6.54 Å². The molecule has 26 heavy (non-hydrogen) atoms. The largest absolute Gasteiger partial charge is 0.508 e. The van der Waals surface area contributed by atoms with Crippen LogP contribution in [0, 0.1) is 6.92 Å². The van der Waals surface area contributed by atoms with Gasteiger partial charge in [-0.2, -0.15) is 0 Å². The van der Waals surface area contributed by atoms with Gasteiger partial charge in [-0.3, -0.25) is 9.59 Å². The second kappa shape index (κ2) is 10.9. The number of nitrogens with one attached hydrogen (secondary N) is 2. The molecule has 0 saturated heterocycles. The number of carbonyl (C=O) groups excluding carboxylic acids is 2. The SMILES string of the molecule is CC.Cc1cc(CCNC(=O)C(C)NC(=O)c2ccccc2)ccc1O. The molecule has 0 fully saturated rings. The maximum Gasteiger partial charge on any atom is 0.251 e. The summed E-state index contributed by atoms with van der Waals surface area (Å²) in [4.78, 5) is 24.1. The van der Waals surface area contributed by atoms with E-state index >= 15 is 0 Å². The molecule has 0 spiro atoms. The van der Waals surface area contributed by atoms with E-state index in [4.69, 9.17) is 0 Å². The summed E-state index contributed by atoms with van der Waals surface area (Å²) in [6.07, 6.45) is 0.659. The Labute approximate surface area is 155 Å². The molecule has 3 N–H and O–H groups in total. The highest BCUT2D eigenvalue weighted by Gasteiger charge is 2.15. The van der Waals surface area contributed by atoms with Crippen molar-refractivity contribution in [1.29, 1.82) is 0 Å². The van der Waals surface area contributed by atoms with Crippen molar-refractivity contribution in [3.8, 4) is 5.75 Å². The summed E-state index contributed by atoms with van der Waals surface area (Å²) in [5.74, 6) is -0.234. The lowest BCUT2D eigenvalue weighted by Crippen LogP contribution is -2.45. The number of benzene rings is 2. The Morgan fingerprint density at radius 1 is 1.08 bits per heavy atom. The van der Waals surface area contributed by atoms with Gasteiger partial charge in [0.25, 0.3) is 5.91 Å². The van der Waals surface area contributed by atoms with Crippen LogP contribution >= 0.6 is 0 Å². The standard InChI is InChI=1S/C19H22N2O3.C2H6/c1-13-12-15(8-9-17(13)22)10-11-20-18(23)14(2)21-19(24)16-6-4-3-5-7-16;1-2/h3-9,12,14,22H,10-11H2,1-2H3,(H,20,23)(H,21,24);1-2H3. The number of rotatable bonds is 6. The first-order chi connectivity index (χ1) is 12.5. The van der Waals surface area contributed by atoms with Gasteiger partial charge in [-0.05, 0) is 49.6 Å². The summed E-state index contributed by atoms with van der Waals surface area (Å²) in [6, 6.07) is 13.5. The van der Waals surface area contributed by atoms with Crippen molar-refractivity contribution in [2.45, 2.75) is 40.2 Å². The molecule has 2 amide bonds. The highest BCUT2D eigenvalue weighted by atomic mass is 16.3. The van der Waals surface area contributed by atoms with Crippen molar-refractivity contribution in [2.24, 2.45) is 0 Å². The quantitative estimate of drug-likeness (QED) is 0.744. The van der Waals surface area contributed by atoms with Gasteiger partial charge < -0.3 is 15.7 Å². The summed E-state index contributed by atoms with van der Waals surface area (Å²) < 4.78 is 0. The average Bonchev–Trinajstić information content (AvgIpc) is 2.66. The molecule has 0 aliphatic rings. The lowest BCUT2D eigenvalue weighted by molar-refractivity contribution is -0.122. The summed E-state index contributed by atoms with van der Waals surface area (Å²) in [6.45, 7) is 7.95. The third-order valence-corrected chi connectivity index (χ3v) is 3.75. The van der Waals surface area contributed by atoms with Gasteiger partial charge in [0.05, 0.1) is 0 Å². The summed E-state index contributed by atoms with van der Waals surface area (Å²) in [5.41, 5.74) is 2.37. The third kappa shape index (κ3) is 6.59. The fraction of sp³-hybridized carbons (Fsp3) is 0.333. The van der Waals surface area contributed by atoms with Gasteiger partial charge in [-0.25, -0.2) is 0 Å². The van der Waals surface area contributed by atoms with Crippen LogP contribution in [0.15, 0.2) is 48.5 Å². The smallest absolute Gasteiger partial charge is 0.251 e. The van der Waals surface area contributed by atoms with Crippen molar-refractivity contribution < 1.29 is 14.7 Å². The zero-order chi connectivity index (χ0) is 19.5. The maximum absolute atomic E-state index is 12.1. The molecule has 1 atom stereocenters. The molecule has 0 aromatic heterocycles. The molecule has 2 aromatic carbocycles. The lowest BCUT2D eigenvalue weighted by Gasteiger charge is -2.14. The molecule has 2 aromatic rings. The Morgan fingerprint density at radius 3 is 2.35 bits per heavy atom. The molecule has 0 aliphatic carbocycles. The van der Waals surface area contributed by atoms with E-state index in [2.05, 4.69) is 10.6 Å². The predicted molar refractivity (Wildman–Crippen MR) is 104 cm³/mol. The Kier molecular flexibility index (Phi) is 8.92. The molecular formula is C21H28N2O3. The highest BCUT2D eigenvalue weighted by Crippen LogP contribution is 2.16. The van der Waals surface area contributed by atoms with Crippen LogP contribution in [-0.2, 0) is 11.2 Å². The van der Waals surface area contributed by atoms with Gasteiger partial charge >= 0.3 is 0 Å². The van der Waals surface area contributed by atoms with E-state index in [1.54, 1.807) is 37.3 Å². The number of hydrogen-bond acceptors (Lipinski definition) is 3. The van der Waals surface area contributed by atoms with Crippen LogP contribution < -0.4 is 10.6 Å².